The second-order valence-corrected chi connectivity index (χ2v) is 7.23. The molecule has 0 amide bonds. The van der Waals surface area contributed by atoms with Gasteiger partial charge in [-0.25, -0.2) is 0 Å². The zero-order valence-corrected chi connectivity index (χ0v) is 12.2. The molecule has 2 bridgehead atoms. The van der Waals surface area contributed by atoms with Crippen LogP contribution in [0.5, 0.6) is 0 Å². The van der Waals surface area contributed by atoms with Crippen LogP contribution >= 0.6 is 0 Å². The van der Waals surface area contributed by atoms with Crippen molar-refractivity contribution in [2.24, 2.45) is 11.7 Å². The maximum Gasteiger partial charge on any atom is 0.0364 e. The van der Waals surface area contributed by atoms with Gasteiger partial charge in [0.1, 0.15) is 0 Å². The smallest absolute Gasteiger partial charge is 0.0364 e. The van der Waals surface area contributed by atoms with Crippen molar-refractivity contribution in [3.63, 3.8) is 0 Å². The standard InChI is InChI=1S/C15H29N3/c1-11-6-12(2)18(9-11)15(10-16)7-13-4-5-14(8-15)17(13)3/h11-14H,4-10,16H2,1-3H3. The first kappa shape index (κ1) is 12.9. The number of hydrogen-bond donors (Lipinski definition) is 1. The Morgan fingerprint density at radius 2 is 1.78 bits per heavy atom. The Morgan fingerprint density at radius 1 is 1.17 bits per heavy atom. The van der Waals surface area contributed by atoms with Gasteiger partial charge in [0.25, 0.3) is 0 Å². The second-order valence-electron chi connectivity index (χ2n) is 7.23. The fraction of sp³-hybridized carbons (Fsp3) is 1.00. The predicted octanol–water partition coefficient (Wildman–Crippen LogP) is 1.67. The van der Waals surface area contributed by atoms with Crippen molar-refractivity contribution in [3.8, 4) is 0 Å². The normalized spacial score (nSPS) is 50.0. The van der Waals surface area contributed by atoms with Gasteiger partial charge in [-0.1, -0.05) is 6.92 Å². The molecule has 3 fully saturated rings. The molecule has 0 aliphatic carbocycles. The van der Waals surface area contributed by atoms with Gasteiger partial charge in [-0.15, -0.1) is 0 Å². The summed E-state index contributed by atoms with van der Waals surface area (Å²) in [6, 6.07) is 2.30. The fourth-order valence-electron chi connectivity index (χ4n) is 5.02. The molecule has 4 atom stereocenters. The van der Waals surface area contributed by atoms with Crippen molar-refractivity contribution in [1.29, 1.82) is 0 Å². The van der Waals surface area contributed by atoms with Crippen molar-refractivity contribution in [3.05, 3.63) is 0 Å². The molecule has 0 aromatic heterocycles. The van der Waals surface area contributed by atoms with Crippen LogP contribution < -0.4 is 5.73 Å². The van der Waals surface area contributed by atoms with Gasteiger partial charge in [-0.3, -0.25) is 4.90 Å². The molecule has 3 aliphatic heterocycles. The van der Waals surface area contributed by atoms with Gasteiger partial charge in [0.2, 0.25) is 0 Å². The first-order chi connectivity index (χ1) is 8.55. The topological polar surface area (TPSA) is 32.5 Å². The third-order valence-corrected chi connectivity index (χ3v) is 5.99. The molecule has 4 unspecified atom stereocenters. The van der Waals surface area contributed by atoms with E-state index >= 15 is 0 Å². The number of fused-ring (bicyclic) bond motifs is 2. The summed E-state index contributed by atoms with van der Waals surface area (Å²) in [7, 11) is 2.32. The summed E-state index contributed by atoms with van der Waals surface area (Å²) in [6.45, 7) is 6.91. The maximum absolute atomic E-state index is 6.26. The highest BCUT2D eigenvalue weighted by atomic mass is 15.3. The van der Waals surface area contributed by atoms with Crippen LogP contribution in [-0.2, 0) is 0 Å². The number of nitrogens with zero attached hydrogens (tertiary/aromatic N) is 2. The average Bonchev–Trinajstić information content (AvgIpc) is 2.76. The molecule has 0 saturated carbocycles. The highest BCUT2D eigenvalue weighted by Gasteiger charge is 2.51. The van der Waals surface area contributed by atoms with Gasteiger partial charge in [-0.05, 0) is 52.0 Å². The largest absolute Gasteiger partial charge is 0.329 e. The van der Waals surface area contributed by atoms with Gasteiger partial charge in [0, 0.05) is 36.8 Å². The van der Waals surface area contributed by atoms with E-state index in [2.05, 4.69) is 30.7 Å². The van der Waals surface area contributed by atoms with E-state index in [-0.39, 0.29) is 0 Å². The number of piperidine rings is 1. The zero-order valence-electron chi connectivity index (χ0n) is 12.2. The Kier molecular flexibility index (Phi) is 3.20. The van der Waals surface area contributed by atoms with Gasteiger partial charge in [0.15, 0.2) is 0 Å². The van der Waals surface area contributed by atoms with Crippen molar-refractivity contribution < 1.29 is 0 Å². The van der Waals surface area contributed by atoms with E-state index in [1.807, 2.05) is 0 Å². The molecule has 3 aliphatic rings. The quantitative estimate of drug-likeness (QED) is 0.810. The Morgan fingerprint density at radius 3 is 2.22 bits per heavy atom. The van der Waals surface area contributed by atoms with E-state index in [0.717, 1.165) is 30.6 Å². The minimum atomic E-state index is 0.308. The predicted molar refractivity (Wildman–Crippen MR) is 75.5 cm³/mol. The Hall–Kier alpha value is -0.120. The lowest BCUT2D eigenvalue weighted by Gasteiger charge is -2.51. The van der Waals surface area contributed by atoms with Crippen molar-refractivity contribution in [2.75, 3.05) is 20.1 Å². The summed E-state index contributed by atoms with van der Waals surface area (Å²) in [4.78, 5) is 5.40. The lowest BCUT2D eigenvalue weighted by molar-refractivity contribution is -0.00433. The molecular weight excluding hydrogens is 222 g/mol. The number of likely N-dealkylation sites (tertiary alicyclic amines) is 1. The van der Waals surface area contributed by atoms with Crippen molar-refractivity contribution in [1.82, 2.24) is 9.80 Å². The molecule has 2 N–H and O–H groups in total. The lowest BCUT2D eigenvalue weighted by Crippen LogP contribution is -2.62. The summed E-state index contributed by atoms with van der Waals surface area (Å²) in [5.41, 5.74) is 6.57. The molecule has 0 radical (unpaired) electrons. The average molecular weight is 251 g/mol. The first-order valence-electron chi connectivity index (χ1n) is 7.74. The van der Waals surface area contributed by atoms with E-state index in [4.69, 9.17) is 5.73 Å². The Bertz CT molecular complexity index is 303. The SMILES string of the molecule is CC1CC(C)N(C2(CN)CC3CCC(C2)N3C)C1. The van der Waals surface area contributed by atoms with Crippen LogP contribution in [0.15, 0.2) is 0 Å². The Balaban J connectivity index is 1.83. The third-order valence-electron chi connectivity index (χ3n) is 5.99. The van der Waals surface area contributed by atoms with Crippen LogP contribution in [0.25, 0.3) is 0 Å². The van der Waals surface area contributed by atoms with Crippen LogP contribution in [0.4, 0.5) is 0 Å². The second kappa shape index (κ2) is 4.46. The number of nitrogens with two attached hydrogens (primary N) is 1. The van der Waals surface area contributed by atoms with E-state index in [1.165, 1.54) is 38.6 Å². The summed E-state index contributed by atoms with van der Waals surface area (Å²) in [6.07, 6.45) is 6.73. The van der Waals surface area contributed by atoms with E-state index in [0.29, 0.717) is 5.54 Å². The molecule has 0 spiro atoms. The molecule has 3 rings (SSSR count). The summed E-state index contributed by atoms with van der Waals surface area (Å²) in [5.74, 6) is 0.848. The van der Waals surface area contributed by atoms with Gasteiger partial charge in [-0.2, -0.15) is 0 Å². The molecule has 18 heavy (non-hydrogen) atoms. The summed E-state index contributed by atoms with van der Waals surface area (Å²) < 4.78 is 0. The molecule has 104 valence electrons. The fourth-order valence-corrected chi connectivity index (χ4v) is 5.02. The van der Waals surface area contributed by atoms with Crippen molar-refractivity contribution >= 4 is 0 Å². The molecule has 0 aromatic carbocycles. The minimum absolute atomic E-state index is 0.308. The van der Waals surface area contributed by atoms with Gasteiger partial charge in [0.05, 0.1) is 0 Å². The molecule has 0 aromatic rings. The lowest BCUT2D eigenvalue weighted by atomic mass is 9.81. The van der Waals surface area contributed by atoms with Crippen LogP contribution in [-0.4, -0.2) is 53.6 Å². The maximum atomic E-state index is 6.26. The molecule has 3 nitrogen and oxygen atoms in total. The Labute approximate surface area is 112 Å². The molecular formula is C15H29N3. The van der Waals surface area contributed by atoms with E-state index < -0.39 is 0 Å². The minimum Gasteiger partial charge on any atom is -0.329 e. The van der Waals surface area contributed by atoms with E-state index in [9.17, 15) is 0 Å². The zero-order chi connectivity index (χ0) is 12.9. The van der Waals surface area contributed by atoms with Crippen molar-refractivity contribution in [2.45, 2.75) is 69.6 Å². The number of rotatable bonds is 2. The monoisotopic (exact) mass is 251 g/mol. The summed E-state index contributed by atoms with van der Waals surface area (Å²) in [5, 5.41) is 0. The van der Waals surface area contributed by atoms with Crippen LogP contribution in [0, 0.1) is 5.92 Å². The van der Waals surface area contributed by atoms with Gasteiger partial charge >= 0.3 is 0 Å². The van der Waals surface area contributed by atoms with E-state index in [1.54, 1.807) is 0 Å². The summed E-state index contributed by atoms with van der Waals surface area (Å²) >= 11 is 0. The molecule has 3 heterocycles. The number of hydrogen-bond acceptors (Lipinski definition) is 3. The highest BCUT2D eigenvalue weighted by Crippen LogP contribution is 2.45. The van der Waals surface area contributed by atoms with Crippen LogP contribution in [0.2, 0.25) is 0 Å². The van der Waals surface area contributed by atoms with Gasteiger partial charge < -0.3 is 10.6 Å². The van der Waals surface area contributed by atoms with Crippen LogP contribution in [0.1, 0.15) is 46.0 Å². The van der Waals surface area contributed by atoms with Crippen LogP contribution in [0.3, 0.4) is 0 Å². The molecule has 3 heteroatoms. The highest BCUT2D eigenvalue weighted by molar-refractivity contribution is 5.08. The third kappa shape index (κ3) is 1.83. The first-order valence-corrected chi connectivity index (χ1v) is 7.74. The molecule has 3 saturated heterocycles.